The normalized spacial score (nSPS) is 30.3. The molecule has 2 atom stereocenters. The topological polar surface area (TPSA) is 61.4 Å². The van der Waals surface area contributed by atoms with Gasteiger partial charge in [-0.2, -0.15) is 0 Å². The lowest BCUT2D eigenvalue weighted by Gasteiger charge is -2.34. The Labute approximate surface area is 95.6 Å². The van der Waals surface area contributed by atoms with Gasteiger partial charge in [-0.05, 0) is 26.3 Å². The van der Waals surface area contributed by atoms with Crippen LogP contribution in [0.4, 0.5) is 0 Å². The van der Waals surface area contributed by atoms with Crippen molar-refractivity contribution in [2.45, 2.75) is 37.8 Å². The van der Waals surface area contributed by atoms with Crippen molar-refractivity contribution in [2.75, 3.05) is 20.1 Å². The summed E-state index contributed by atoms with van der Waals surface area (Å²) < 4.78 is 0. The summed E-state index contributed by atoms with van der Waals surface area (Å²) in [5.74, 6) is 0.0892. The van der Waals surface area contributed by atoms with Gasteiger partial charge in [0.2, 0.25) is 11.8 Å². The lowest BCUT2D eigenvalue weighted by atomic mass is 10.0. The van der Waals surface area contributed by atoms with Crippen LogP contribution in [0.15, 0.2) is 0 Å². The molecule has 90 valence electrons. The Hall–Kier alpha value is -1.10. The molecule has 2 N–H and O–H groups in total. The van der Waals surface area contributed by atoms with Crippen LogP contribution in [0, 0.1) is 0 Å². The monoisotopic (exact) mass is 225 g/mol. The van der Waals surface area contributed by atoms with Crippen LogP contribution < -0.4 is 10.6 Å². The number of carbonyl (C=O) groups is 2. The van der Waals surface area contributed by atoms with Crippen molar-refractivity contribution >= 4 is 11.8 Å². The number of hydrogen-bond acceptors (Lipinski definition) is 3. The Kier molecular flexibility index (Phi) is 3.43. The number of amides is 2. The third-order valence-electron chi connectivity index (χ3n) is 3.43. The molecule has 0 aliphatic carbocycles. The van der Waals surface area contributed by atoms with E-state index in [1.165, 1.54) is 0 Å². The minimum Gasteiger partial charge on any atom is -0.344 e. The van der Waals surface area contributed by atoms with Crippen molar-refractivity contribution in [1.82, 2.24) is 15.5 Å². The highest BCUT2D eigenvalue weighted by Crippen LogP contribution is 2.15. The fourth-order valence-electron chi connectivity index (χ4n) is 2.43. The zero-order chi connectivity index (χ0) is 11.5. The molecular formula is C11H19N3O2. The predicted molar refractivity (Wildman–Crippen MR) is 59.8 cm³/mol. The standard InChI is InChI=1S/C11H19N3O2/c1-12-8-3-2-6-14(7-8)11(16)9-4-5-10(15)13-9/h8-9,12H,2-7H2,1H3,(H,13,15)/t8?,9-/m1/s1. The highest BCUT2D eigenvalue weighted by atomic mass is 16.2. The molecule has 5 nitrogen and oxygen atoms in total. The van der Waals surface area contributed by atoms with Crippen LogP contribution in [0.25, 0.3) is 0 Å². The number of likely N-dealkylation sites (tertiary alicyclic amines) is 1. The number of hydrogen-bond donors (Lipinski definition) is 2. The van der Waals surface area contributed by atoms with Gasteiger partial charge in [0.1, 0.15) is 6.04 Å². The Bertz CT molecular complexity index is 293. The van der Waals surface area contributed by atoms with Gasteiger partial charge in [0.25, 0.3) is 0 Å². The summed E-state index contributed by atoms with van der Waals surface area (Å²) >= 11 is 0. The maximum Gasteiger partial charge on any atom is 0.245 e. The zero-order valence-electron chi connectivity index (χ0n) is 9.66. The summed E-state index contributed by atoms with van der Waals surface area (Å²) in [6.45, 7) is 1.59. The molecule has 2 amide bonds. The summed E-state index contributed by atoms with van der Waals surface area (Å²) in [7, 11) is 1.93. The fourth-order valence-corrected chi connectivity index (χ4v) is 2.43. The summed E-state index contributed by atoms with van der Waals surface area (Å²) in [6, 6.07) is 0.123. The van der Waals surface area contributed by atoms with E-state index in [0.29, 0.717) is 18.9 Å². The predicted octanol–water partition coefficient (Wildman–Crippen LogP) is -0.525. The summed E-state index contributed by atoms with van der Waals surface area (Å²) in [6.07, 6.45) is 3.30. The number of carbonyl (C=O) groups excluding carboxylic acids is 2. The number of rotatable bonds is 2. The van der Waals surface area contributed by atoms with Crippen LogP contribution in [0.1, 0.15) is 25.7 Å². The first-order valence-corrected chi connectivity index (χ1v) is 5.96. The third-order valence-corrected chi connectivity index (χ3v) is 3.43. The second kappa shape index (κ2) is 4.82. The maximum atomic E-state index is 12.1. The molecule has 0 spiro atoms. The van der Waals surface area contributed by atoms with Gasteiger partial charge in [-0.3, -0.25) is 9.59 Å². The van der Waals surface area contributed by atoms with E-state index in [4.69, 9.17) is 0 Å². The van der Waals surface area contributed by atoms with Crippen molar-refractivity contribution in [3.63, 3.8) is 0 Å². The third kappa shape index (κ3) is 2.35. The molecule has 1 unspecified atom stereocenters. The van der Waals surface area contributed by atoms with Crippen molar-refractivity contribution < 1.29 is 9.59 Å². The average Bonchev–Trinajstić information content (AvgIpc) is 2.75. The minimum atomic E-state index is -0.275. The summed E-state index contributed by atoms with van der Waals surface area (Å²) in [5.41, 5.74) is 0. The Morgan fingerprint density at radius 2 is 2.31 bits per heavy atom. The SMILES string of the molecule is CNC1CCCN(C(=O)[C@H]2CCC(=O)N2)C1. The molecule has 0 aromatic heterocycles. The number of nitrogens with one attached hydrogen (secondary N) is 2. The van der Waals surface area contributed by atoms with E-state index in [1.807, 2.05) is 11.9 Å². The number of nitrogens with zero attached hydrogens (tertiary/aromatic N) is 1. The van der Waals surface area contributed by atoms with Crippen LogP contribution in [0.5, 0.6) is 0 Å². The molecule has 0 saturated carbocycles. The molecule has 0 radical (unpaired) electrons. The van der Waals surface area contributed by atoms with E-state index in [-0.39, 0.29) is 17.9 Å². The van der Waals surface area contributed by atoms with Gasteiger partial charge in [0.05, 0.1) is 0 Å². The first kappa shape index (κ1) is 11.4. The molecule has 5 heteroatoms. The molecule has 16 heavy (non-hydrogen) atoms. The lowest BCUT2D eigenvalue weighted by molar-refractivity contribution is -0.135. The number of likely N-dealkylation sites (N-methyl/N-ethyl adjacent to an activating group) is 1. The molecular weight excluding hydrogens is 206 g/mol. The quantitative estimate of drug-likeness (QED) is 0.664. The zero-order valence-corrected chi connectivity index (χ0v) is 9.66. The molecule has 0 aromatic carbocycles. The van der Waals surface area contributed by atoms with Crippen LogP contribution in [0.2, 0.25) is 0 Å². The van der Waals surface area contributed by atoms with Gasteiger partial charge < -0.3 is 15.5 Å². The highest BCUT2D eigenvalue weighted by molar-refractivity contribution is 5.90. The largest absolute Gasteiger partial charge is 0.344 e. The van der Waals surface area contributed by atoms with Crippen LogP contribution in [0.3, 0.4) is 0 Å². The van der Waals surface area contributed by atoms with E-state index in [9.17, 15) is 9.59 Å². The molecule has 0 bridgehead atoms. The molecule has 2 heterocycles. The number of piperidine rings is 1. The van der Waals surface area contributed by atoms with E-state index in [1.54, 1.807) is 0 Å². The second-order valence-electron chi connectivity index (χ2n) is 4.57. The van der Waals surface area contributed by atoms with Gasteiger partial charge in [0.15, 0.2) is 0 Å². The van der Waals surface area contributed by atoms with E-state index in [2.05, 4.69) is 10.6 Å². The first-order chi connectivity index (χ1) is 7.70. The van der Waals surface area contributed by atoms with Crippen LogP contribution >= 0.6 is 0 Å². The average molecular weight is 225 g/mol. The first-order valence-electron chi connectivity index (χ1n) is 5.96. The Morgan fingerprint density at radius 3 is 2.94 bits per heavy atom. The van der Waals surface area contributed by atoms with Crippen LogP contribution in [-0.2, 0) is 9.59 Å². The van der Waals surface area contributed by atoms with Gasteiger partial charge in [-0.15, -0.1) is 0 Å². The Balaban J connectivity index is 1.91. The molecule has 2 aliphatic heterocycles. The smallest absolute Gasteiger partial charge is 0.245 e. The van der Waals surface area contributed by atoms with Gasteiger partial charge in [-0.1, -0.05) is 0 Å². The molecule has 0 aromatic rings. The highest BCUT2D eigenvalue weighted by Gasteiger charge is 2.32. The maximum absolute atomic E-state index is 12.1. The minimum absolute atomic E-state index is 0.000487. The van der Waals surface area contributed by atoms with Crippen molar-refractivity contribution in [2.24, 2.45) is 0 Å². The van der Waals surface area contributed by atoms with Crippen LogP contribution in [-0.4, -0.2) is 48.9 Å². The molecule has 2 aliphatic rings. The molecule has 2 saturated heterocycles. The molecule has 2 fully saturated rings. The van der Waals surface area contributed by atoms with Gasteiger partial charge in [0, 0.05) is 25.6 Å². The lowest BCUT2D eigenvalue weighted by Crippen LogP contribution is -2.52. The van der Waals surface area contributed by atoms with Gasteiger partial charge in [-0.25, -0.2) is 0 Å². The summed E-state index contributed by atoms with van der Waals surface area (Å²) in [5, 5.41) is 5.94. The van der Waals surface area contributed by atoms with E-state index in [0.717, 1.165) is 25.9 Å². The van der Waals surface area contributed by atoms with Crippen molar-refractivity contribution in [1.29, 1.82) is 0 Å². The van der Waals surface area contributed by atoms with E-state index >= 15 is 0 Å². The van der Waals surface area contributed by atoms with Crippen molar-refractivity contribution in [3.8, 4) is 0 Å². The van der Waals surface area contributed by atoms with E-state index < -0.39 is 0 Å². The summed E-state index contributed by atoms with van der Waals surface area (Å²) in [4.78, 5) is 25.0. The van der Waals surface area contributed by atoms with Crippen molar-refractivity contribution in [3.05, 3.63) is 0 Å². The second-order valence-corrected chi connectivity index (χ2v) is 4.57. The Morgan fingerprint density at radius 1 is 1.50 bits per heavy atom. The van der Waals surface area contributed by atoms with Gasteiger partial charge >= 0.3 is 0 Å². The fraction of sp³-hybridized carbons (Fsp3) is 0.818. The molecule has 2 rings (SSSR count).